The molecule has 1 heterocycles. The molecule has 2 N–H and O–H groups in total. The molecule has 1 saturated heterocycles. The van der Waals surface area contributed by atoms with E-state index in [9.17, 15) is 29.1 Å². The molecular weight excluding hydrogens is 486 g/mol. The zero-order valence-corrected chi connectivity index (χ0v) is 21.8. The normalized spacial score (nSPS) is 17.0. The molecule has 0 spiro atoms. The van der Waals surface area contributed by atoms with Crippen LogP contribution < -0.4 is 5.32 Å². The van der Waals surface area contributed by atoms with Crippen LogP contribution >= 0.6 is 0 Å². The van der Waals surface area contributed by atoms with Gasteiger partial charge in [-0.2, -0.15) is 0 Å². The molecule has 0 saturated carbocycles. The van der Waals surface area contributed by atoms with Crippen molar-refractivity contribution in [2.45, 2.75) is 77.2 Å². The summed E-state index contributed by atoms with van der Waals surface area (Å²) in [6.45, 7) is 6.50. The second kappa shape index (κ2) is 13.0. The topological polar surface area (TPSA) is 152 Å². The van der Waals surface area contributed by atoms with Gasteiger partial charge >= 0.3 is 18.1 Å². The number of hydroxylamine groups is 2. The number of hydrogen-bond donors (Lipinski definition) is 2. The van der Waals surface area contributed by atoms with E-state index in [0.29, 0.717) is 18.4 Å². The second-order valence-corrected chi connectivity index (χ2v) is 9.67. The Morgan fingerprint density at radius 1 is 1.16 bits per heavy atom. The first-order valence-corrected chi connectivity index (χ1v) is 11.9. The summed E-state index contributed by atoms with van der Waals surface area (Å²) in [5.74, 6) is -3.21. The minimum absolute atomic E-state index is 0.0814. The Morgan fingerprint density at radius 3 is 2.38 bits per heavy atom. The van der Waals surface area contributed by atoms with Gasteiger partial charge in [-0.05, 0) is 46.1 Å². The third-order valence-electron chi connectivity index (χ3n) is 5.72. The van der Waals surface area contributed by atoms with Gasteiger partial charge in [0.2, 0.25) is 11.8 Å². The highest BCUT2D eigenvalue weighted by Crippen LogP contribution is 2.26. The van der Waals surface area contributed by atoms with E-state index in [2.05, 4.69) is 10.1 Å². The van der Waals surface area contributed by atoms with Crippen LogP contribution in [0.2, 0.25) is 0 Å². The quantitative estimate of drug-likeness (QED) is 0.345. The summed E-state index contributed by atoms with van der Waals surface area (Å²) in [6, 6.07) is 5.59. The molecule has 2 rings (SSSR count). The zero-order chi connectivity index (χ0) is 27.8. The van der Waals surface area contributed by atoms with Crippen LogP contribution in [0.4, 0.5) is 4.79 Å². The molecule has 12 heteroatoms. The number of carbonyl (C=O) groups is 5. The Bertz CT molecular complexity index is 977. The highest BCUT2D eigenvalue weighted by Gasteiger charge is 2.45. The lowest BCUT2D eigenvalue weighted by Crippen LogP contribution is -2.59. The molecule has 1 aromatic carbocycles. The van der Waals surface area contributed by atoms with Gasteiger partial charge in [0.25, 0.3) is 0 Å². The Labute approximate surface area is 215 Å². The SMILES string of the molecule is COC(=O)[C@H](C)NC(=O)[C@@H]1CCCN1C(=O)[C@H](CC(=O)O)N(OC(=O)OCc1ccccc1)C(C)(C)C. The average molecular weight is 522 g/mol. The van der Waals surface area contributed by atoms with Crippen LogP contribution in [0.25, 0.3) is 0 Å². The van der Waals surface area contributed by atoms with Gasteiger partial charge < -0.3 is 29.6 Å². The molecule has 0 unspecified atom stereocenters. The summed E-state index contributed by atoms with van der Waals surface area (Å²) in [6.07, 6.45) is -0.984. The van der Waals surface area contributed by atoms with Crippen molar-refractivity contribution in [3.8, 4) is 0 Å². The number of carboxylic acids is 1. The van der Waals surface area contributed by atoms with E-state index in [1.807, 2.05) is 6.07 Å². The molecule has 37 heavy (non-hydrogen) atoms. The molecule has 1 aliphatic rings. The van der Waals surface area contributed by atoms with Crippen molar-refractivity contribution < 1.29 is 43.4 Å². The van der Waals surface area contributed by atoms with E-state index in [1.165, 1.54) is 18.9 Å². The van der Waals surface area contributed by atoms with Gasteiger partial charge in [0.1, 0.15) is 24.7 Å². The van der Waals surface area contributed by atoms with E-state index in [0.717, 1.165) is 5.06 Å². The number of methoxy groups -OCH3 is 1. The van der Waals surface area contributed by atoms with Crippen molar-refractivity contribution in [3.63, 3.8) is 0 Å². The number of aliphatic carboxylic acids is 1. The van der Waals surface area contributed by atoms with Crippen LogP contribution in [0.15, 0.2) is 30.3 Å². The first-order chi connectivity index (χ1) is 17.3. The number of ether oxygens (including phenoxy) is 2. The zero-order valence-electron chi connectivity index (χ0n) is 21.8. The summed E-state index contributed by atoms with van der Waals surface area (Å²) in [7, 11) is 1.19. The van der Waals surface area contributed by atoms with Crippen LogP contribution in [0.3, 0.4) is 0 Å². The lowest BCUT2D eigenvalue weighted by molar-refractivity contribution is -0.212. The molecule has 1 aromatic rings. The van der Waals surface area contributed by atoms with Crippen molar-refractivity contribution in [1.82, 2.24) is 15.3 Å². The van der Waals surface area contributed by atoms with Crippen LogP contribution in [-0.2, 0) is 40.1 Å². The number of amides is 2. The van der Waals surface area contributed by atoms with Crippen molar-refractivity contribution in [2.75, 3.05) is 13.7 Å². The summed E-state index contributed by atoms with van der Waals surface area (Å²) in [4.78, 5) is 69.1. The van der Waals surface area contributed by atoms with E-state index in [1.54, 1.807) is 45.0 Å². The van der Waals surface area contributed by atoms with E-state index < -0.39 is 60.0 Å². The molecular formula is C25H35N3O9. The standard InChI is InChI=1S/C25H35N3O9/c1-16(23(33)35-5)26-21(31)18-12-9-13-27(18)22(32)19(14-20(29)30)28(25(2,3)4)37-24(34)36-15-17-10-7-6-8-11-17/h6-8,10-11,16,18-19H,9,12-15H2,1-5H3,(H,26,31)(H,29,30)/t16-,18-,19-/m0/s1. The lowest BCUT2D eigenvalue weighted by atomic mass is 10.0. The molecule has 0 bridgehead atoms. The minimum Gasteiger partial charge on any atom is -0.481 e. The Balaban J connectivity index is 2.23. The number of carbonyl (C=O) groups excluding carboxylic acids is 4. The number of carboxylic acid groups (broad SMARTS) is 1. The smallest absolute Gasteiger partial charge is 0.481 e. The van der Waals surface area contributed by atoms with Crippen LogP contribution in [0.1, 0.15) is 52.5 Å². The van der Waals surface area contributed by atoms with Gasteiger partial charge in [0.05, 0.1) is 13.5 Å². The number of rotatable bonds is 10. The highest BCUT2D eigenvalue weighted by atomic mass is 16.8. The number of hydrogen-bond acceptors (Lipinski definition) is 9. The average Bonchev–Trinajstić information content (AvgIpc) is 3.34. The maximum absolute atomic E-state index is 13.6. The van der Waals surface area contributed by atoms with Crippen LogP contribution in [-0.4, -0.2) is 82.3 Å². The predicted octanol–water partition coefficient (Wildman–Crippen LogP) is 1.87. The Hall–Kier alpha value is -3.67. The summed E-state index contributed by atoms with van der Waals surface area (Å²) >= 11 is 0. The van der Waals surface area contributed by atoms with Crippen molar-refractivity contribution >= 4 is 29.9 Å². The summed E-state index contributed by atoms with van der Waals surface area (Å²) in [5, 5.41) is 13.1. The van der Waals surface area contributed by atoms with Gasteiger partial charge in [-0.3, -0.25) is 14.4 Å². The number of nitrogens with one attached hydrogen (secondary N) is 1. The van der Waals surface area contributed by atoms with Gasteiger partial charge in [-0.25, -0.2) is 9.59 Å². The second-order valence-electron chi connectivity index (χ2n) is 9.67. The third kappa shape index (κ3) is 8.45. The maximum Gasteiger partial charge on any atom is 0.528 e. The largest absolute Gasteiger partial charge is 0.528 e. The fraction of sp³-hybridized carbons (Fsp3) is 0.560. The molecule has 0 radical (unpaired) electrons. The fourth-order valence-corrected chi connectivity index (χ4v) is 3.97. The van der Waals surface area contributed by atoms with Gasteiger partial charge in [0, 0.05) is 12.1 Å². The monoisotopic (exact) mass is 521 g/mol. The van der Waals surface area contributed by atoms with Crippen molar-refractivity contribution in [3.05, 3.63) is 35.9 Å². The molecule has 1 fully saturated rings. The van der Waals surface area contributed by atoms with Gasteiger partial charge in [0.15, 0.2) is 0 Å². The molecule has 2 amide bonds. The Kier molecular flexibility index (Phi) is 10.4. The molecule has 1 aliphatic heterocycles. The number of esters is 1. The molecule has 0 aliphatic carbocycles. The van der Waals surface area contributed by atoms with Crippen molar-refractivity contribution in [2.24, 2.45) is 0 Å². The Morgan fingerprint density at radius 2 is 1.81 bits per heavy atom. The molecule has 204 valence electrons. The van der Waals surface area contributed by atoms with Crippen molar-refractivity contribution in [1.29, 1.82) is 0 Å². The highest BCUT2D eigenvalue weighted by molar-refractivity contribution is 5.93. The molecule has 3 atom stereocenters. The van der Waals surface area contributed by atoms with Gasteiger partial charge in [-0.15, -0.1) is 5.06 Å². The van der Waals surface area contributed by atoms with E-state index in [-0.39, 0.29) is 13.2 Å². The lowest BCUT2D eigenvalue weighted by Gasteiger charge is -2.39. The number of likely N-dealkylation sites (tertiary alicyclic amines) is 1. The van der Waals surface area contributed by atoms with Crippen LogP contribution in [0.5, 0.6) is 0 Å². The third-order valence-corrected chi connectivity index (χ3v) is 5.72. The molecule has 12 nitrogen and oxygen atoms in total. The van der Waals surface area contributed by atoms with Gasteiger partial charge in [-0.1, -0.05) is 30.3 Å². The summed E-state index contributed by atoms with van der Waals surface area (Å²) in [5.41, 5.74) is -0.287. The van der Waals surface area contributed by atoms with E-state index in [4.69, 9.17) is 9.57 Å². The number of benzene rings is 1. The van der Waals surface area contributed by atoms with Crippen LogP contribution in [0, 0.1) is 0 Å². The first-order valence-electron chi connectivity index (χ1n) is 11.9. The molecule has 0 aromatic heterocycles. The van der Waals surface area contributed by atoms with E-state index >= 15 is 0 Å². The first kappa shape index (κ1) is 29.6. The maximum atomic E-state index is 13.6. The summed E-state index contributed by atoms with van der Waals surface area (Å²) < 4.78 is 9.79. The fourth-order valence-electron chi connectivity index (χ4n) is 3.97. The number of nitrogens with zero attached hydrogens (tertiary/aromatic N) is 2. The minimum atomic E-state index is -1.44. The predicted molar refractivity (Wildman–Crippen MR) is 130 cm³/mol.